The highest BCUT2D eigenvalue weighted by Gasteiger charge is 2.00. The predicted octanol–water partition coefficient (Wildman–Crippen LogP) is 2.47. The highest BCUT2D eigenvalue weighted by atomic mass is 15.3. The largest absolute Gasteiger partial charge is 0.237 e. The molecule has 16 heavy (non-hydrogen) atoms. The lowest BCUT2D eigenvalue weighted by Gasteiger charge is -1.98. The monoisotopic (exact) mass is 214 g/mol. The lowest BCUT2D eigenvalue weighted by Crippen LogP contribution is -1.98. The normalized spacial score (nSPS) is 8.88. The summed E-state index contributed by atoms with van der Waals surface area (Å²) in [4.78, 5) is 4.12. The van der Waals surface area contributed by atoms with E-state index in [-0.39, 0.29) is 0 Å². The molecule has 4 nitrogen and oxygen atoms in total. The van der Waals surface area contributed by atoms with Gasteiger partial charge in [0.25, 0.3) is 0 Å². The van der Waals surface area contributed by atoms with Crippen molar-refractivity contribution in [1.82, 2.24) is 14.8 Å². The number of aryl methyl sites for hydroxylation is 1. The van der Waals surface area contributed by atoms with Crippen LogP contribution in [-0.2, 0) is 0 Å². The van der Waals surface area contributed by atoms with Crippen molar-refractivity contribution < 1.29 is 0 Å². The summed E-state index contributed by atoms with van der Waals surface area (Å²) in [6, 6.07) is 7.32. The van der Waals surface area contributed by atoms with Gasteiger partial charge in [-0.05, 0) is 19.1 Å². The maximum atomic E-state index is 8.71. The number of hydrogen-bond donors (Lipinski definition) is 0. The Hall–Kier alpha value is -2.15. The zero-order chi connectivity index (χ0) is 12.0. The summed E-state index contributed by atoms with van der Waals surface area (Å²) in [6.45, 7) is 5.91. The summed E-state index contributed by atoms with van der Waals surface area (Å²) in [6.07, 6.45) is 3.42. The van der Waals surface area contributed by atoms with E-state index in [1.165, 1.54) is 0 Å². The Morgan fingerprint density at radius 1 is 1.31 bits per heavy atom. The van der Waals surface area contributed by atoms with Crippen LogP contribution < -0.4 is 0 Å². The van der Waals surface area contributed by atoms with Crippen LogP contribution in [0.25, 0.3) is 5.82 Å². The van der Waals surface area contributed by atoms with Crippen LogP contribution in [0.3, 0.4) is 0 Å². The molecule has 0 saturated carbocycles. The van der Waals surface area contributed by atoms with Gasteiger partial charge < -0.3 is 0 Å². The molecule has 2 aromatic heterocycles. The van der Waals surface area contributed by atoms with Crippen LogP contribution in [0.15, 0.2) is 30.6 Å². The minimum atomic E-state index is 0.586. The molecule has 0 aliphatic carbocycles. The smallest absolute Gasteiger partial charge is 0.154 e. The quantitative estimate of drug-likeness (QED) is 0.732. The lowest BCUT2D eigenvalue weighted by molar-refractivity contribution is 0.832. The van der Waals surface area contributed by atoms with Crippen LogP contribution in [0.1, 0.15) is 25.1 Å². The van der Waals surface area contributed by atoms with Crippen molar-refractivity contribution in [3.05, 3.63) is 41.9 Å². The van der Waals surface area contributed by atoms with E-state index < -0.39 is 0 Å². The van der Waals surface area contributed by atoms with E-state index in [0.717, 1.165) is 5.69 Å². The molecule has 0 bridgehead atoms. The second-order valence-corrected chi connectivity index (χ2v) is 2.92. The molecule has 82 valence electrons. The number of nitrogens with zero attached hydrogens (tertiary/aromatic N) is 4. The van der Waals surface area contributed by atoms with Gasteiger partial charge in [0, 0.05) is 18.5 Å². The van der Waals surface area contributed by atoms with Crippen LogP contribution >= 0.6 is 0 Å². The van der Waals surface area contributed by atoms with Crippen LogP contribution in [0, 0.1) is 18.3 Å². The van der Waals surface area contributed by atoms with Gasteiger partial charge in [-0.1, -0.05) is 13.8 Å². The molecule has 0 N–H and O–H groups in total. The molecule has 0 amide bonds. The summed E-state index contributed by atoms with van der Waals surface area (Å²) in [7, 11) is 0. The third-order valence-electron chi connectivity index (χ3n) is 1.83. The predicted molar refractivity (Wildman–Crippen MR) is 62.2 cm³/mol. The Morgan fingerprint density at radius 3 is 2.62 bits per heavy atom. The number of hydrogen-bond acceptors (Lipinski definition) is 3. The van der Waals surface area contributed by atoms with Gasteiger partial charge in [-0.25, -0.2) is 9.67 Å². The van der Waals surface area contributed by atoms with Gasteiger partial charge in [-0.3, -0.25) is 0 Å². The average Bonchev–Trinajstić information content (AvgIpc) is 2.79. The van der Waals surface area contributed by atoms with Gasteiger partial charge in [0.05, 0.1) is 17.3 Å². The summed E-state index contributed by atoms with van der Waals surface area (Å²) < 4.78 is 1.65. The molecule has 0 saturated heterocycles. The van der Waals surface area contributed by atoms with Gasteiger partial charge in [0.2, 0.25) is 0 Å². The highest BCUT2D eigenvalue weighted by Crippen LogP contribution is 2.05. The van der Waals surface area contributed by atoms with Gasteiger partial charge in [-0.2, -0.15) is 10.4 Å². The van der Waals surface area contributed by atoms with Gasteiger partial charge >= 0.3 is 0 Å². The first-order chi connectivity index (χ1) is 7.79. The summed E-state index contributed by atoms with van der Waals surface area (Å²) in [5, 5.41) is 12.9. The molecule has 2 rings (SSSR count). The zero-order valence-corrected chi connectivity index (χ0v) is 9.68. The molecule has 2 heterocycles. The molecule has 0 aliphatic heterocycles. The zero-order valence-electron chi connectivity index (χ0n) is 9.68. The van der Waals surface area contributed by atoms with Gasteiger partial charge in [0.1, 0.15) is 0 Å². The van der Waals surface area contributed by atoms with Gasteiger partial charge in [0.15, 0.2) is 5.82 Å². The molecule has 0 fully saturated rings. The Bertz CT molecular complexity index is 494. The number of rotatable bonds is 1. The van der Waals surface area contributed by atoms with Crippen LogP contribution in [-0.4, -0.2) is 14.8 Å². The topological polar surface area (TPSA) is 54.5 Å². The van der Waals surface area contributed by atoms with E-state index in [9.17, 15) is 0 Å². The third kappa shape index (κ3) is 2.67. The number of pyridine rings is 1. The molecule has 0 radical (unpaired) electrons. The molecular weight excluding hydrogens is 200 g/mol. The standard InChI is InChI=1S/C10H8N4.C2H6/c1-8-3-5-14(13-8)10-6-9(7-11)2-4-12-10;1-2/h2-6H,1H3;1-2H3. The fourth-order valence-corrected chi connectivity index (χ4v) is 1.16. The molecule has 4 heteroatoms. The average molecular weight is 214 g/mol. The van der Waals surface area contributed by atoms with E-state index in [1.54, 1.807) is 23.0 Å². The third-order valence-corrected chi connectivity index (χ3v) is 1.83. The van der Waals surface area contributed by atoms with E-state index in [1.807, 2.05) is 33.0 Å². The van der Waals surface area contributed by atoms with Crippen molar-refractivity contribution >= 4 is 0 Å². The first-order valence-corrected chi connectivity index (χ1v) is 5.18. The Labute approximate surface area is 95.2 Å². The van der Waals surface area contributed by atoms with Crippen molar-refractivity contribution in [2.45, 2.75) is 20.8 Å². The fraction of sp³-hybridized carbons (Fsp3) is 0.250. The van der Waals surface area contributed by atoms with Gasteiger partial charge in [-0.15, -0.1) is 0 Å². The maximum absolute atomic E-state index is 8.71. The first kappa shape index (κ1) is 11.9. The van der Waals surface area contributed by atoms with E-state index in [4.69, 9.17) is 5.26 Å². The van der Waals surface area contributed by atoms with Crippen molar-refractivity contribution in [3.63, 3.8) is 0 Å². The van der Waals surface area contributed by atoms with Crippen molar-refractivity contribution in [2.24, 2.45) is 0 Å². The lowest BCUT2D eigenvalue weighted by atomic mass is 10.3. The van der Waals surface area contributed by atoms with E-state index >= 15 is 0 Å². The van der Waals surface area contributed by atoms with Crippen LogP contribution in [0.2, 0.25) is 0 Å². The van der Waals surface area contributed by atoms with Crippen molar-refractivity contribution in [1.29, 1.82) is 5.26 Å². The van der Waals surface area contributed by atoms with E-state index in [0.29, 0.717) is 11.4 Å². The second kappa shape index (κ2) is 5.66. The van der Waals surface area contributed by atoms with E-state index in [2.05, 4.69) is 16.2 Å². The Morgan fingerprint density at radius 2 is 2.06 bits per heavy atom. The summed E-state index contributed by atoms with van der Waals surface area (Å²) in [5.41, 5.74) is 1.51. The van der Waals surface area contributed by atoms with Crippen molar-refractivity contribution in [3.8, 4) is 11.9 Å². The first-order valence-electron chi connectivity index (χ1n) is 5.18. The summed E-state index contributed by atoms with van der Waals surface area (Å²) in [5.74, 6) is 0.664. The maximum Gasteiger partial charge on any atom is 0.154 e. The molecular formula is C12H14N4. The van der Waals surface area contributed by atoms with Crippen molar-refractivity contribution in [2.75, 3.05) is 0 Å². The minimum Gasteiger partial charge on any atom is -0.237 e. The molecule has 0 unspecified atom stereocenters. The minimum absolute atomic E-state index is 0.586. The molecule has 0 aromatic carbocycles. The Balaban J connectivity index is 0.000000606. The molecule has 0 aliphatic rings. The van der Waals surface area contributed by atoms with Crippen LogP contribution in [0.4, 0.5) is 0 Å². The molecule has 0 spiro atoms. The fourth-order valence-electron chi connectivity index (χ4n) is 1.16. The second-order valence-electron chi connectivity index (χ2n) is 2.92. The molecule has 2 aromatic rings. The highest BCUT2D eigenvalue weighted by molar-refractivity contribution is 5.34. The molecule has 0 atom stereocenters. The SMILES string of the molecule is CC.Cc1ccn(-c2cc(C#N)ccn2)n1. The van der Waals surface area contributed by atoms with Crippen LogP contribution in [0.5, 0.6) is 0 Å². The number of nitriles is 1. The number of aromatic nitrogens is 3. The summed E-state index contributed by atoms with van der Waals surface area (Å²) >= 11 is 0. The Kier molecular flexibility index (Phi) is 4.22.